The van der Waals surface area contributed by atoms with Crippen molar-refractivity contribution in [2.24, 2.45) is 5.73 Å². The molecule has 2 rings (SSSR count). The van der Waals surface area contributed by atoms with E-state index in [1.165, 1.54) is 5.56 Å². The van der Waals surface area contributed by atoms with Crippen molar-refractivity contribution >= 4 is 17.7 Å². The summed E-state index contributed by atoms with van der Waals surface area (Å²) in [5, 5.41) is 5.20. The third-order valence-electron chi connectivity index (χ3n) is 3.79. The summed E-state index contributed by atoms with van der Waals surface area (Å²) in [4.78, 5) is 36.7. The van der Waals surface area contributed by atoms with Crippen LogP contribution < -0.4 is 16.4 Å². The van der Waals surface area contributed by atoms with Gasteiger partial charge in [-0.1, -0.05) is 29.8 Å². The number of hydrogen-bond donors (Lipinski definition) is 3. The van der Waals surface area contributed by atoms with Crippen LogP contribution in [0.15, 0.2) is 24.3 Å². The number of nitrogens with zero attached hydrogens (tertiary/aromatic N) is 1. The highest BCUT2D eigenvalue weighted by Gasteiger charge is 2.31. The summed E-state index contributed by atoms with van der Waals surface area (Å²) in [5.41, 5.74) is 7.26. The number of amides is 3. The Labute approximate surface area is 135 Å². The maximum Gasteiger partial charge on any atom is 0.237 e. The predicted molar refractivity (Wildman–Crippen MR) is 85.2 cm³/mol. The molecule has 0 aliphatic carbocycles. The average Bonchev–Trinajstić information content (AvgIpc) is 2.51. The lowest BCUT2D eigenvalue weighted by molar-refractivity contribution is -0.134. The molecule has 0 spiro atoms. The second-order valence-corrected chi connectivity index (χ2v) is 5.71. The minimum atomic E-state index is -0.608. The lowest BCUT2D eigenvalue weighted by atomic mass is 10.1. The van der Waals surface area contributed by atoms with E-state index in [0.717, 1.165) is 5.56 Å². The second-order valence-electron chi connectivity index (χ2n) is 5.71. The molecule has 23 heavy (non-hydrogen) atoms. The van der Waals surface area contributed by atoms with Crippen molar-refractivity contribution in [2.45, 2.75) is 25.9 Å². The minimum absolute atomic E-state index is 0.00494. The van der Waals surface area contributed by atoms with Crippen LogP contribution in [0.25, 0.3) is 0 Å². The van der Waals surface area contributed by atoms with Crippen molar-refractivity contribution < 1.29 is 14.4 Å². The van der Waals surface area contributed by atoms with Gasteiger partial charge in [0.05, 0.1) is 19.0 Å². The number of nitrogens with one attached hydrogen (secondary N) is 2. The van der Waals surface area contributed by atoms with Crippen LogP contribution in [0, 0.1) is 6.92 Å². The average molecular weight is 318 g/mol. The van der Waals surface area contributed by atoms with Gasteiger partial charge in [0.25, 0.3) is 0 Å². The first-order valence-electron chi connectivity index (χ1n) is 7.58. The maximum atomic E-state index is 12.1. The van der Waals surface area contributed by atoms with E-state index in [2.05, 4.69) is 10.6 Å². The zero-order chi connectivity index (χ0) is 16.8. The molecule has 0 bridgehead atoms. The molecule has 0 unspecified atom stereocenters. The van der Waals surface area contributed by atoms with Gasteiger partial charge in [-0.25, -0.2) is 0 Å². The van der Waals surface area contributed by atoms with Crippen LogP contribution >= 0.6 is 0 Å². The molecular formula is C16H22N4O3. The van der Waals surface area contributed by atoms with Crippen molar-refractivity contribution in [1.29, 1.82) is 0 Å². The fourth-order valence-corrected chi connectivity index (χ4v) is 2.53. The van der Waals surface area contributed by atoms with Crippen LogP contribution in [0.3, 0.4) is 0 Å². The van der Waals surface area contributed by atoms with Crippen LogP contribution in [0.4, 0.5) is 0 Å². The van der Waals surface area contributed by atoms with Gasteiger partial charge in [-0.15, -0.1) is 0 Å². The predicted octanol–water partition coefficient (Wildman–Crippen LogP) is -0.713. The van der Waals surface area contributed by atoms with Crippen LogP contribution in [0.5, 0.6) is 0 Å². The summed E-state index contributed by atoms with van der Waals surface area (Å²) in [6.07, 6.45) is 0.00494. The van der Waals surface area contributed by atoms with Crippen molar-refractivity contribution in [3.05, 3.63) is 35.4 Å². The zero-order valence-electron chi connectivity index (χ0n) is 13.2. The fraction of sp³-hybridized carbons (Fsp3) is 0.438. The Kier molecular flexibility index (Phi) is 5.70. The number of carbonyl (C=O) groups excluding carboxylic acids is 3. The van der Waals surface area contributed by atoms with Gasteiger partial charge in [0.2, 0.25) is 17.7 Å². The lowest BCUT2D eigenvalue weighted by Crippen LogP contribution is -2.56. The summed E-state index contributed by atoms with van der Waals surface area (Å²) < 4.78 is 0. The van der Waals surface area contributed by atoms with Crippen molar-refractivity contribution in [3.8, 4) is 0 Å². The monoisotopic (exact) mass is 318 g/mol. The Morgan fingerprint density at radius 1 is 1.35 bits per heavy atom. The Morgan fingerprint density at radius 2 is 2.04 bits per heavy atom. The van der Waals surface area contributed by atoms with Gasteiger partial charge in [0.15, 0.2) is 0 Å². The number of rotatable bonds is 6. The van der Waals surface area contributed by atoms with E-state index in [1.807, 2.05) is 36.1 Å². The number of piperazine rings is 1. The molecule has 1 aromatic carbocycles. The molecule has 1 fully saturated rings. The standard InChI is InChI=1S/C16H22N4O3/c1-11-2-4-12(5-3-11)10-20-7-6-18-16(23)13(20)8-15(22)19-9-14(17)21/h2-5,13H,6-10H2,1H3,(H2,17,21)(H,18,23)(H,19,22)/t13-/m1/s1. The Balaban J connectivity index is 2.00. The van der Waals surface area contributed by atoms with Gasteiger partial charge >= 0.3 is 0 Å². The first kappa shape index (κ1) is 17.0. The molecule has 0 aromatic heterocycles. The summed E-state index contributed by atoms with van der Waals surface area (Å²) >= 11 is 0. The molecule has 4 N–H and O–H groups in total. The zero-order valence-corrected chi connectivity index (χ0v) is 13.2. The van der Waals surface area contributed by atoms with Gasteiger partial charge < -0.3 is 16.4 Å². The van der Waals surface area contributed by atoms with Crippen molar-refractivity contribution in [3.63, 3.8) is 0 Å². The second kappa shape index (κ2) is 7.73. The van der Waals surface area contributed by atoms with Crippen molar-refractivity contribution in [1.82, 2.24) is 15.5 Å². The van der Waals surface area contributed by atoms with Crippen LogP contribution in [0.1, 0.15) is 17.5 Å². The molecule has 7 heteroatoms. The number of carbonyl (C=O) groups is 3. The third-order valence-corrected chi connectivity index (χ3v) is 3.79. The molecule has 7 nitrogen and oxygen atoms in total. The topological polar surface area (TPSA) is 105 Å². The molecule has 3 amide bonds. The molecule has 1 saturated heterocycles. The van der Waals surface area contributed by atoms with E-state index in [9.17, 15) is 14.4 Å². The number of benzene rings is 1. The number of hydrogen-bond acceptors (Lipinski definition) is 4. The molecule has 1 aromatic rings. The number of aryl methyl sites for hydroxylation is 1. The van der Waals surface area contributed by atoms with Gasteiger partial charge in [-0.2, -0.15) is 0 Å². The quantitative estimate of drug-likeness (QED) is 0.644. The summed E-state index contributed by atoms with van der Waals surface area (Å²) in [6, 6.07) is 7.54. The molecular weight excluding hydrogens is 296 g/mol. The smallest absolute Gasteiger partial charge is 0.237 e. The Hall–Kier alpha value is -2.41. The number of nitrogens with two attached hydrogens (primary N) is 1. The van der Waals surface area contributed by atoms with Gasteiger partial charge in [-0.05, 0) is 12.5 Å². The Morgan fingerprint density at radius 3 is 2.70 bits per heavy atom. The highest BCUT2D eigenvalue weighted by Crippen LogP contribution is 2.14. The first-order chi connectivity index (χ1) is 11.0. The highest BCUT2D eigenvalue weighted by molar-refractivity contribution is 5.90. The molecule has 124 valence electrons. The molecule has 1 aliphatic rings. The number of primary amides is 1. The molecule has 1 aliphatic heterocycles. The van der Waals surface area contributed by atoms with Crippen LogP contribution in [-0.2, 0) is 20.9 Å². The molecule has 1 atom stereocenters. The largest absolute Gasteiger partial charge is 0.368 e. The lowest BCUT2D eigenvalue weighted by Gasteiger charge is -2.34. The van der Waals surface area contributed by atoms with E-state index in [4.69, 9.17) is 5.73 Å². The van der Waals surface area contributed by atoms with E-state index in [0.29, 0.717) is 19.6 Å². The molecule has 0 radical (unpaired) electrons. The van der Waals surface area contributed by atoms with Crippen LogP contribution in [0.2, 0.25) is 0 Å². The molecule has 1 heterocycles. The highest BCUT2D eigenvalue weighted by atomic mass is 16.2. The van der Waals surface area contributed by atoms with E-state index in [-0.39, 0.29) is 24.8 Å². The van der Waals surface area contributed by atoms with E-state index < -0.39 is 11.9 Å². The summed E-state index contributed by atoms with van der Waals surface area (Å²) in [5.74, 6) is -1.14. The van der Waals surface area contributed by atoms with Gasteiger partial charge in [-0.3, -0.25) is 19.3 Å². The van der Waals surface area contributed by atoms with Gasteiger partial charge in [0, 0.05) is 19.6 Å². The van der Waals surface area contributed by atoms with E-state index in [1.54, 1.807) is 0 Å². The van der Waals surface area contributed by atoms with Crippen LogP contribution in [-0.4, -0.2) is 48.3 Å². The third kappa shape index (κ3) is 5.07. The Bertz CT molecular complexity index is 585. The van der Waals surface area contributed by atoms with Gasteiger partial charge in [0.1, 0.15) is 0 Å². The first-order valence-corrected chi connectivity index (χ1v) is 7.58. The minimum Gasteiger partial charge on any atom is -0.368 e. The van der Waals surface area contributed by atoms with Crippen molar-refractivity contribution in [2.75, 3.05) is 19.6 Å². The SMILES string of the molecule is Cc1ccc(CN2CCNC(=O)[C@H]2CC(=O)NCC(N)=O)cc1. The fourth-order valence-electron chi connectivity index (χ4n) is 2.53. The summed E-state index contributed by atoms with van der Waals surface area (Å²) in [6.45, 7) is 3.63. The molecule has 0 saturated carbocycles. The maximum absolute atomic E-state index is 12.1. The normalized spacial score (nSPS) is 18.3. The summed E-state index contributed by atoms with van der Waals surface area (Å²) in [7, 11) is 0. The van der Waals surface area contributed by atoms with E-state index >= 15 is 0 Å².